The van der Waals surface area contributed by atoms with Crippen LogP contribution < -0.4 is 10.5 Å². The van der Waals surface area contributed by atoms with Crippen LogP contribution in [-0.2, 0) is 13.6 Å². The van der Waals surface area contributed by atoms with Crippen LogP contribution in [0.4, 0.5) is 5.82 Å². The molecule has 3 heterocycles. The van der Waals surface area contributed by atoms with Crippen LogP contribution in [0.5, 0.6) is 0 Å². The van der Waals surface area contributed by atoms with Gasteiger partial charge in [-0.05, 0) is 18.9 Å². The van der Waals surface area contributed by atoms with Crippen molar-refractivity contribution in [3.05, 3.63) is 47.0 Å². The third-order valence-electron chi connectivity index (χ3n) is 4.45. The first kappa shape index (κ1) is 15.6. The molecule has 0 amide bonds. The van der Waals surface area contributed by atoms with Crippen LogP contribution in [0, 0.1) is 0 Å². The SMILES string of the molecule is CN(c1ccncn1)C1CCN(Cc2cn(C)c(=O)cn2)CC1. The zero-order valence-electron chi connectivity index (χ0n) is 13.6. The van der Waals surface area contributed by atoms with Gasteiger partial charge in [0, 0.05) is 52.2 Å². The minimum absolute atomic E-state index is 0.0704. The summed E-state index contributed by atoms with van der Waals surface area (Å²) in [4.78, 5) is 28.5. The summed E-state index contributed by atoms with van der Waals surface area (Å²) in [6.07, 6.45) is 8.76. The van der Waals surface area contributed by atoms with Gasteiger partial charge in [0.2, 0.25) is 0 Å². The Hall–Kier alpha value is -2.28. The van der Waals surface area contributed by atoms with Crippen molar-refractivity contribution >= 4 is 5.82 Å². The predicted octanol–water partition coefficient (Wildman–Crippen LogP) is 0.671. The van der Waals surface area contributed by atoms with E-state index in [4.69, 9.17) is 0 Å². The molecule has 0 saturated carbocycles. The Morgan fingerprint density at radius 3 is 2.74 bits per heavy atom. The van der Waals surface area contributed by atoms with Crippen LogP contribution in [0.2, 0.25) is 0 Å². The van der Waals surface area contributed by atoms with Gasteiger partial charge in [-0.2, -0.15) is 0 Å². The lowest BCUT2D eigenvalue weighted by Crippen LogP contribution is -2.43. The van der Waals surface area contributed by atoms with E-state index in [0.29, 0.717) is 6.04 Å². The third kappa shape index (κ3) is 3.73. The molecule has 0 atom stereocenters. The van der Waals surface area contributed by atoms with Crippen LogP contribution in [-0.4, -0.2) is 50.6 Å². The normalized spacial score (nSPS) is 16.4. The number of anilines is 1. The quantitative estimate of drug-likeness (QED) is 0.826. The van der Waals surface area contributed by atoms with Gasteiger partial charge in [0.25, 0.3) is 5.56 Å². The smallest absolute Gasteiger partial charge is 0.268 e. The summed E-state index contributed by atoms with van der Waals surface area (Å²) in [6.45, 7) is 2.83. The maximum atomic E-state index is 11.4. The van der Waals surface area contributed by atoms with E-state index in [-0.39, 0.29) is 5.56 Å². The molecule has 23 heavy (non-hydrogen) atoms. The first-order chi connectivity index (χ1) is 11.1. The molecule has 0 unspecified atom stereocenters. The van der Waals surface area contributed by atoms with E-state index in [1.54, 1.807) is 24.1 Å². The summed E-state index contributed by atoms with van der Waals surface area (Å²) in [5.41, 5.74) is 0.869. The van der Waals surface area contributed by atoms with Gasteiger partial charge in [-0.15, -0.1) is 0 Å². The van der Waals surface area contributed by atoms with Gasteiger partial charge in [-0.1, -0.05) is 0 Å². The van der Waals surface area contributed by atoms with Crippen molar-refractivity contribution < 1.29 is 0 Å². The maximum Gasteiger partial charge on any atom is 0.268 e. The minimum atomic E-state index is -0.0704. The Morgan fingerprint density at radius 2 is 2.09 bits per heavy atom. The van der Waals surface area contributed by atoms with Crippen molar-refractivity contribution in [2.45, 2.75) is 25.4 Å². The molecule has 0 aromatic carbocycles. The van der Waals surface area contributed by atoms with Crippen molar-refractivity contribution in [1.29, 1.82) is 0 Å². The number of piperidine rings is 1. The third-order valence-corrected chi connectivity index (χ3v) is 4.45. The monoisotopic (exact) mass is 314 g/mol. The molecule has 7 heteroatoms. The molecule has 0 N–H and O–H groups in total. The van der Waals surface area contributed by atoms with Gasteiger partial charge in [0.1, 0.15) is 12.1 Å². The lowest BCUT2D eigenvalue weighted by Gasteiger charge is -2.37. The zero-order chi connectivity index (χ0) is 16.2. The van der Waals surface area contributed by atoms with Crippen LogP contribution in [0.25, 0.3) is 0 Å². The second kappa shape index (κ2) is 6.87. The van der Waals surface area contributed by atoms with Crippen molar-refractivity contribution in [3.8, 4) is 0 Å². The topological polar surface area (TPSA) is 67.2 Å². The van der Waals surface area contributed by atoms with E-state index in [9.17, 15) is 4.79 Å². The molecule has 0 radical (unpaired) electrons. The van der Waals surface area contributed by atoms with Gasteiger partial charge in [0.15, 0.2) is 0 Å². The molecule has 3 rings (SSSR count). The van der Waals surface area contributed by atoms with E-state index < -0.39 is 0 Å². The molecular weight excluding hydrogens is 292 g/mol. The van der Waals surface area contributed by atoms with Crippen molar-refractivity contribution in [1.82, 2.24) is 24.4 Å². The van der Waals surface area contributed by atoms with E-state index in [1.165, 1.54) is 6.20 Å². The van der Waals surface area contributed by atoms with E-state index in [2.05, 4.69) is 31.8 Å². The van der Waals surface area contributed by atoms with E-state index in [1.807, 2.05) is 12.3 Å². The fourth-order valence-corrected chi connectivity index (χ4v) is 3.00. The van der Waals surface area contributed by atoms with Gasteiger partial charge in [0.05, 0.1) is 11.9 Å². The Bertz CT molecular complexity index is 693. The zero-order valence-corrected chi connectivity index (χ0v) is 13.6. The Balaban J connectivity index is 1.56. The second-order valence-electron chi connectivity index (χ2n) is 6.01. The minimum Gasteiger partial charge on any atom is -0.356 e. The standard InChI is InChI=1S/C16H22N6O/c1-20-10-13(18-9-16(20)23)11-22-7-4-14(5-8-22)21(2)15-3-6-17-12-19-15/h3,6,9-10,12,14H,4-5,7-8,11H2,1-2H3. The molecule has 0 aliphatic carbocycles. The highest BCUT2D eigenvalue weighted by molar-refractivity contribution is 5.36. The summed E-state index contributed by atoms with van der Waals surface area (Å²) >= 11 is 0. The molecule has 1 fully saturated rings. The average molecular weight is 314 g/mol. The largest absolute Gasteiger partial charge is 0.356 e. The molecule has 122 valence electrons. The van der Waals surface area contributed by atoms with Crippen LogP contribution >= 0.6 is 0 Å². The van der Waals surface area contributed by atoms with Crippen molar-refractivity contribution in [3.63, 3.8) is 0 Å². The Morgan fingerprint density at radius 1 is 1.30 bits per heavy atom. The lowest BCUT2D eigenvalue weighted by molar-refractivity contribution is 0.200. The molecule has 2 aromatic heterocycles. The van der Waals surface area contributed by atoms with Crippen LogP contribution in [0.1, 0.15) is 18.5 Å². The first-order valence-electron chi connectivity index (χ1n) is 7.86. The van der Waals surface area contributed by atoms with Crippen molar-refractivity contribution in [2.75, 3.05) is 25.0 Å². The highest BCUT2D eigenvalue weighted by atomic mass is 16.1. The fraction of sp³-hybridized carbons (Fsp3) is 0.500. The summed E-state index contributed by atoms with van der Waals surface area (Å²) in [5, 5.41) is 0. The Labute approximate surface area is 135 Å². The molecule has 7 nitrogen and oxygen atoms in total. The average Bonchev–Trinajstić information content (AvgIpc) is 2.59. The van der Waals surface area contributed by atoms with Gasteiger partial charge >= 0.3 is 0 Å². The molecule has 1 aliphatic rings. The first-order valence-corrected chi connectivity index (χ1v) is 7.86. The summed E-state index contributed by atoms with van der Waals surface area (Å²) in [6, 6.07) is 2.44. The lowest BCUT2D eigenvalue weighted by atomic mass is 10.0. The Kier molecular flexibility index (Phi) is 4.66. The number of hydrogen-bond donors (Lipinski definition) is 0. The molecular formula is C16H22N6O. The number of aryl methyl sites for hydroxylation is 1. The van der Waals surface area contributed by atoms with E-state index >= 15 is 0 Å². The van der Waals surface area contributed by atoms with Crippen LogP contribution in [0.15, 0.2) is 35.8 Å². The number of rotatable bonds is 4. The highest BCUT2D eigenvalue weighted by Crippen LogP contribution is 2.20. The summed E-state index contributed by atoms with van der Waals surface area (Å²) in [5.74, 6) is 0.971. The van der Waals surface area contributed by atoms with Gasteiger partial charge < -0.3 is 9.47 Å². The number of hydrogen-bond acceptors (Lipinski definition) is 6. The molecule has 1 saturated heterocycles. The molecule has 0 bridgehead atoms. The summed E-state index contributed by atoms with van der Waals surface area (Å²) in [7, 11) is 3.85. The maximum absolute atomic E-state index is 11.4. The van der Waals surface area contributed by atoms with Gasteiger partial charge in [-0.25, -0.2) is 9.97 Å². The predicted molar refractivity (Wildman–Crippen MR) is 88.2 cm³/mol. The molecule has 2 aromatic rings. The van der Waals surface area contributed by atoms with Crippen molar-refractivity contribution in [2.24, 2.45) is 7.05 Å². The summed E-state index contributed by atoms with van der Waals surface area (Å²) < 4.78 is 1.58. The molecule has 0 spiro atoms. The molecule has 1 aliphatic heterocycles. The number of nitrogens with zero attached hydrogens (tertiary/aromatic N) is 6. The number of likely N-dealkylation sites (tertiary alicyclic amines) is 1. The number of aromatic nitrogens is 4. The van der Waals surface area contributed by atoms with Gasteiger partial charge in [-0.3, -0.25) is 14.7 Å². The van der Waals surface area contributed by atoms with E-state index in [0.717, 1.165) is 44.0 Å². The second-order valence-corrected chi connectivity index (χ2v) is 6.01. The van der Waals surface area contributed by atoms with Crippen LogP contribution in [0.3, 0.4) is 0 Å². The fourth-order valence-electron chi connectivity index (χ4n) is 3.00. The highest BCUT2D eigenvalue weighted by Gasteiger charge is 2.23.